The summed E-state index contributed by atoms with van der Waals surface area (Å²) in [5.74, 6) is 0.628. The smallest absolute Gasteiger partial charge is 0.265 e. The van der Waals surface area contributed by atoms with Crippen molar-refractivity contribution >= 4 is 28.2 Å². The Morgan fingerprint density at radius 1 is 1.47 bits per heavy atom. The van der Waals surface area contributed by atoms with Crippen LogP contribution >= 0.6 is 11.3 Å². The molecule has 6 heteroatoms. The number of hydrogen-bond acceptors (Lipinski definition) is 5. The average Bonchev–Trinajstić information content (AvgIpc) is 2.78. The van der Waals surface area contributed by atoms with Gasteiger partial charge in [0.25, 0.3) is 5.91 Å². The van der Waals surface area contributed by atoms with Gasteiger partial charge in [0.05, 0.1) is 0 Å². The van der Waals surface area contributed by atoms with Gasteiger partial charge in [0.1, 0.15) is 10.7 Å². The molecule has 1 heterocycles. The number of rotatable bonds is 6. The Bertz CT molecular complexity index is 432. The van der Waals surface area contributed by atoms with Crippen molar-refractivity contribution in [1.82, 2.24) is 10.3 Å². The fraction of sp³-hybridized carbons (Fsp3) is 0.692. The number of nitrogen functional groups attached to an aromatic ring is 1. The van der Waals surface area contributed by atoms with Gasteiger partial charge in [-0.2, -0.15) is 0 Å². The minimum Gasteiger partial charge on any atom is -0.382 e. The molecule has 5 nitrogen and oxygen atoms in total. The van der Waals surface area contributed by atoms with Crippen LogP contribution in [-0.2, 0) is 0 Å². The number of nitrogens with two attached hydrogens (primary N) is 1. The summed E-state index contributed by atoms with van der Waals surface area (Å²) in [6.07, 6.45) is 1.03. The normalized spacial score (nSPS) is 13.9. The Balaban J connectivity index is 2.80. The molecule has 0 fully saturated rings. The molecule has 1 aromatic heterocycles. The van der Waals surface area contributed by atoms with Crippen LogP contribution < -0.4 is 16.0 Å². The summed E-state index contributed by atoms with van der Waals surface area (Å²) in [5.41, 5.74) is 5.83. The highest BCUT2D eigenvalue weighted by Gasteiger charge is 2.20. The van der Waals surface area contributed by atoms with Gasteiger partial charge < -0.3 is 16.0 Å². The first-order valence-electron chi connectivity index (χ1n) is 6.68. The van der Waals surface area contributed by atoms with Crippen LogP contribution in [0, 0.1) is 5.92 Å². The molecule has 19 heavy (non-hydrogen) atoms. The van der Waals surface area contributed by atoms with Crippen molar-refractivity contribution in [2.24, 2.45) is 5.92 Å². The lowest BCUT2D eigenvalue weighted by Crippen LogP contribution is -2.36. The van der Waals surface area contributed by atoms with Crippen molar-refractivity contribution < 1.29 is 4.79 Å². The first-order chi connectivity index (χ1) is 8.90. The third-order valence-corrected chi connectivity index (χ3v) is 4.69. The summed E-state index contributed by atoms with van der Waals surface area (Å²) in [6.45, 7) is 9.11. The second-order valence-electron chi connectivity index (χ2n) is 4.87. The highest BCUT2D eigenvalue weighted by Crippen LogP contribution is 2.27. The molecule has 1 aromatic rings. The van der Waals surface area contributed by atoms with Crippen LogP contribution in [0.5, 0.6) is 0 Å². The minimum atomic E-state index is -0.126. The Kier molecular flexibility index (Phi) is 5.60. The number of aromatic nitrogens is 1. The van der Waals surface area contributed by atoms with Crippen LogP contribution in [-0.4, -0.2) is 30.5 Å². The van der Waals surface area contributed by atoms with Crippen molar-refractivity contribution in [2.75, 3.05) is 24.2 Å². The van der Waals surface area contributed by atoms with Gasteiger partial charge in [-0.3, -0.25) is 4.79 Å². The van der Waals surface area contributed by atoms with Crippen molar-refractivity contribution in [1.29, 1.82) is 0 Å². The molecule has 0 aliphatic rings. The van der Waals surface area contributed by atoms with Crippen molar-refractivity contribution in [2.45, 2.75) is 40.2 Å². The van der Waals surface area contributed by atoms with E-state index in [9.17, 15) is 4.79 Å². The maximum Gasteiger partial charge on any atom is 0.265 e. The largest absolute Gasteiger partial charge is 0.382 e. The molecule has 0 radical (unpaired) electrons. The molecule has 0 aliphatic carbocycles. The predicted molar refractivity (Wildman–Crippen MR) is 81.9 cm³/mol. The molecule has 0 aliphatic heterocycles. The topological polar surface area (TPSA) is 71.2 Å². The van der Waals surface area contributed by atoms with Gasteiger partial charge in [0.15, 0.2) is 5.13 Å². The van der Waals surface area contributed by atoms with Crippen molar-refractivity contribution in [3.63, 3.8) is 0 Å². The summed E-state index contributed by atoms with van der Waals surface area (Å²) >= 11 is 1.34. The number of amides is 1. The van der Waals surface area contributed by atoms with Crippen LogP contribution in [0.15, 0.2) is 0 Å². The quantitative estimate of drug-likeness (QED) is 0.841. The number of anilines is 2. The molecular formula is C13H24N4OS. The lowest BCUT2D eigenvalue weighted by atomic mass is 10.0. The van der Waals surface area contributed by atoms with Gasteiger partial charge in [0.2, 0.25) is 0 Å². The third kappa shape index (κ3) is 3.83. The number of hydrogen-bond donors (Lipinski definition) is 2. The number of carbonyl (C=O) groups is 1. The Morgan fingerprint density at radius 3 is 2.63 bits per heavy atom. The summed E-state index contributed by atoms with van der Waals surface area (Å²) < 4.78 is 0. The lowest BCUT2D eigenvalue weighted by molar-refractivity contribution is 0.0933. The molecule has 3 N–H and O–H groups in total. The number of nitrogens with one attached hydrogen (secondary N) is 1. The van der Waals surface area contributed by atoms with Crippen LogP contribution in [0.3, 0.4) is 0 Å². The lowest BCUT2D eigenvalue weighted by Gasteiger charge is -2.19. The zero-order valence-electron chi connectivity index (χ0n) is 12.4. The van der Waals surface area contributed by atoms with Crippen LogP contribution in [0.2, 0.25) is 0 Å². The van der Waals surface area contributed by atoms with E-state index >= 15 is 0 Å². The van der Waals surface area contributed by atoms with Gasteiger partial charge in [-0.15, -0.1) is 0 Å². The van der Waals surface area contributed by atoms with E-state index in [0.29, 0.717) is 16.6 Å². The molecule has 0 saturated carbocycles. The molecule has 2 unspecified atom stereocenters. The van der Waals surface area contributed by atoms with Crippen LogP contribution in [0.25, 0.3) is 0 Å². The van der Waals surface area contributed by atoms with E-state index in [1.54, 1.807) is 0 Å². The van der Waals surface area contributed by atoms with E-state index in [1.165, 1.54) is 11.3 Å². The van der Waals surface area contributed by atoms with Gasteiger partial charge in [-0.1, -0.05) is 31.6 Å². The number of carbonyl (C=O) groups excluding carboxylic acids is 1. The highest BCUT2D eigenvalue weighted by atomic mass is 32.1. The summed E-state index contributed by atoms with van der Waals surface area (Å²) in [4.78, 5) is 18.9. The van der Waals surface area contributed by atoms with Gasteiger partial charge in [-0.25, -0.2) is 4.98 Å². The van der Waals surface area contributed by atoms with E-state index in [-0.39, 0.29) is 11.9 Å². The third-order valence-electron chi connectivity index (χ3n) is 3.51. The molecule has 0 bridgehead atoms. The average molecular weight is 284 g/mol. The predicted octanol–water partition coefficient (Wildman–Crippen LogP) is 2.35. The Labute approximate surface area is 119 Å². The molecule has 1 amide bonds. The maximum absolute atomic E-state index is 12.2. The first-order valence-corrected chi connectivity index (χ1v) is 7.50. The number of thiazole rings is 1. The van der Waals surface area contributed by atoms with Crippen molar-refractivity contribution in [3.8, 4) is 0 Å². The van der Waals surface area contributed by atoms with Crippen molar-refractivity contribution in [3.05, 3.63) is 4.88 Å². The molecule has 0 saturated heterocycles. The van der Waals surface area contributed by atoms with E-state index in [2.05, 4.69) is 24.1 Å². The molecule has 108 valence electrons. The Hall–Kier alpha value is -1.30. The molecule has 2 atom stereocenters. The van der Waals surface area contributed by atoms with E-state index in [4.69, 9.17) is 5.73 Å². The monoisotopic (exact) mass is 284 g/mol. The van der Waals surface area contributed by atoms with E-state index < -0.39 is 0 Å². The minimum absolute atomic E-state index is 0.126. The van der Waals surface area contributed by atoms with Gasteiger partial charge in [0, 0.05) is 19.6 Å². The van der Waals surface area contributed by atoms with Crippen LogP contribution in [0.4, 0.5) is 10.9 Å². The van der Waals surface area contributed by atoms with E-state index in [1.807, 2.05) is 25.8 Å². The fourth-order valence-electron chi connectivity index (χ4n) is 1.55. The number of nitrogens with zero attached hydrogens (tertiary/aromatic N) is 2. The molecule has 0 aromatic carbocycles. The first kappa shape index (κ1) is 15.8. The SMILES string of the molecule is CCC(C)C(C)NC(=O)c1sc(N(C)CC)nc1N. The molecule has 1 rings (SSSR count). The van der Waals surface area contributed by atoms with Gasteiger partial charge >= 0.3 is 0 Å². The zero-order valence-corrected chi connectivity index (χ0v) is 13.2. The van der Waals surface area contributed by atoms with Gasteiger partial charge in [-0.05, 0) is 19.8 Å². The highest BCUT2D eigenvalue weighted by molar-refractivity contribution is 7.18. The molecule has 0 spiro atoms. The standard InChI is InChI=1S/C13H24N4OS/c1-6-8(3)9(4)15-12(18)10-11(14)16-13(19-10)17(5)7-2/h8-9H,6-7,14H2,1-5H3,(H,15,18). The van der Waals surface area contributed by atoms with Crippen LogP contribution in [0.1, 0.15) is 43.8 Å². The maximum atomic E-state index is 12.2. The zero-order chi connectivity index (χ0) is 14.6. The van der Waals surface area contributed by atoms with E-state index in [0.717, 1.165) is 18.1 Å². The summed E-state index contributed by atoms with van der Waals surface area (Å²) in [5, 5.41) is 3.77. The fourth-order valence-corrected chi connectivity index (χ4v) is 2.46. The summed E-state index contributed by atoms with van der Waals surface area (Å²) in [7, 11) is 1.93. The second-order valence-corrected chi connectivity index (χ2v) is 5.85. The second kappa shape index (κ2) is 6.75. The molecular weight excluding hydrogens is 260 g/mol. The summed E-state index contributed by atoms with van der Waals surface area (Å²) in [6, 6.07) is 0.131. The Morgan fingerprint density at radius 2 is 2.11 bits per heavy atom.